The number of pyridine rings is 1. The first kappa shape index (κ1) is 14.1. The number of carbonyl (C=O) groups excluding carboxylic acids is 2. The molecule has 1 aliphatic heterocycles. The summed E-state index contributed by atoms with van der Waals surface area (Å²) in [6.45, 7) is 2.05. The number of rotatable bonds is 4. The fraction of sp³-hybridized carbons (Fsp3) is 0.188. The Kier molecular flexibility index (Phi) is 3.50. The van der Waals surface area contributed by atoms with Crippen molar-refractivity contribution in [2.75, 3.05) is 0 Å². The first-order chi connectivity index (χ1) is 10.6. The maximum Gasteiger partial charge on any atom is 0.322 e. The number of carbonyl (C=O) groups is 2. The third-order valence-electron chi connectivity index (χ3n) is 3.59. The molecule has 1 unspecified atom stereocenters. The largest absolute Gasteiger partial charge is 0.473 e. The van der Waals surface area contributed by atoms with E-state index in [4.69, 9.17) is 4.74 Å². The van der Waals surface area contributed by atoms with Crippen LogP contribution in [0.3, 0.4) is 0 Å². The van der Waals surface area contributed by atoms with E-state index in [9.17, 15) is 9.59 Å². The Morgan fingerprint density at radius 1 is 1.14 bits per heavy atom. The molecule has 0 saturated carbocycles. The molecule has 1 fully saturated rings. The van der Waals surface area contributed by atoms with Crippen LogP contribution in [0.25, 0.3) is 0 Å². The molecule has 3 rings (SSSR count). The van der Waals surface area contributed by atoms with Gasteiger partial charge in [0.25, 0.3) is 5.91 Å². The number of aromatic nitrogens is 1. The van der Waals surface area contributed by atoms with Gasteiger partial charge in [-0.3, -0.25) is 10.1 Å². The molecule has 1 aliphatic rings. The van der Waals surface area contributed by atoms with E-state index in [-0.39, 0.29) is 0 Å². The highest BCUT2D eigenvalue weighted by Gasteiger charge is 2.43. The molecule has 2 aromatic rings. The Hall–Kier alpha value is -2.89. The Bertz CT molecular complexity index is 700. The van der Waals surface area contributed by atoms with E-state index in [1.165, 1.54) is 6.20 Å². The summed E-state index contributed by atoms with van der Waals surface area (Å²) < 4.78 is 5.59. The van der Waals surface area contributed by atoms with Crippen LogP contribution >= 0.6 is 0 Å². The zero-order valence-electron chi connectivity index (χ0n) is 12.0. The Balaban J connectivity index is 1.71. The van der Waals surface area contributed by atoms with Gasteiger partial charge in [0.15, 0.2) is 0 Å². The van der Waals surface area contributed by atoms with Crippen LogP contribution in [-0.2, 0) is 16.9 Å². The normalized spacial score (nSPS) is 20.4. The molecule has 22 heavy (non-hydrogen) atoms. The standard InChI is InChI=1S/C16H15N3O3/c1-16(14(20)18-15(21)19-16)12-7-8-13(17-9-12)22-10-11-5-3-2-4-6-11/h2-9H,10H2,1H3,(H2,18,19,20,21). The molecule has 6 nitrogen and oxygen atoms in total. The van der Waals surface area contributed by atoms with E-state index in [1.54, 1.807) is 19.1 Å². The van der Waals surface area contributed by atoms with E-state index in [1.807, 2.05) is 30.3 Å². The van der Waals surface area contributed by atoms with Gasteiger partial charge in [-0.15, -0.1) is 0 Å². The molecule has 0 spiro atoms. The predicted octanol–water partition coefficient (Wildman–Crippen LogP) is 1.72. The lowest BCUT2D eigenvalue weighted by molar-refractivity contribution is -0.123. The zero-order chi connectivity index (χ0) is 15.6. The predicted molar refractivity (Wildman–Crippen MR) is 79.0 cm³/mol. The molecule has 1 aromatic heterocycles. The number of hydrogen-bond donors (Lipinski definition) is 2. The van der Waals surface area contributed by atoms with Crippen LogP contribution in [0.4, 0.5) is 4.79 Å². The summed E-state index contributed by atoms with van der Waals surface area (Å²) >= 11 is 0. The summed E-state index contributed by atoms with van der Waals surface area (Å²) in [5, 5.41) is 4.81. The average molecular weight is 297 g/mol. The Morgan fingerprint density at radius 3 is 2.50 bits per heavy atom. The second kappa shape index (κ2) is 5.48. The molecule has 0 bridgehead atoms. The number of hydrogen-bond acceptors (Lipinski definition) is 4. The highest BCUT2D eigenvalue weighted by Crippen LogP contribution is 2.24. The summed E-state index contributed by atoms with van der Waals surface area (Å²) in [5.74, 6) is 0.0678. The maximum atomic E-state index is 11.8. The fourth-order valence-electron chi connectivity index (χ4n) is 2.24. The molecule has 3 amide bonds. The molecule has 112 valence electrons. The van der Waals surface area contributed by atoms with Gasteiger partial charge in [-0.2, -0.15) is 0 Å². The first-order valence-electron chi connectivity index (χ1n) is 6.85. The second-order valence-corrected chi connectivity index (χ2v) is 5.19. The number of amides is 3. The van der Waals surface area contributed by atoms with Crippen molar-refractivity contribution in [3.8, 4) is 5.88 Å². The van der Waals surface area contributed by atoms with Crippen LogP contribution in [0.15, 0.2) is 48.7 Å². The lowest BCUT2D eigenvalue weighted by atomic mass is 9.94. The smallest absolute Gasteiger partial charge is 0.322 e. The topological polar surface area (TPSA) is 80.3 Å². The molecule has 1 saturated heterocycles. The van der Waals surface area contributed by atoms with Gasteiger partial charge in [-0.25, -0.2) is 9.78 Å². The van der Waals surface area contributed by atoms with E-state index >= 15 is 0 Å². The summed E-state index contributed by atoms with van der Waals surface area (Å²) in [7, 11) is 0. The van der Waals surface area contributed by atoms with E-state index in [2.05, 4.69) is 15.6 Å². The third kappa shape index (κ3) is 2.63. The zero-order valence-corrected chi connectivity index (χ0v) is 12.0. The van der Waals surface area contributed by atoms with Gasteiger partial charge in [0.1, 0.15) is 12.1 Å². The molecule has 2 N–H and O–H groups in total. The van der Waals surface area contributed by atoms with Crippen molar-refractivity contribution >= 4 is 11.9 Å². The van der Waals surface area contributed by atoms with Crippen molar-refractivity contribution in [3.05, 3.63) is 59.8 Å². The minimum atomic E-state index is -1.10. The van der Waals surface area contributed by atoms with Crippen LogP contribution in [0, 0.1) is 0 Å². The van der Waals surface area contributed by atoms with Crippen LogP contribution in [0.1, 0.15) is 18.1 Å². The van der Waals surface area contributed by atoms with Gasteiger partial charge < -0.3 is 10.1 Å². The number of ether oxygens (including phenoxy) is 1. The number of nitrogens with one attached hydrogen (secondary N) is 2. The summed E-state index contributed by atoms with van der Waals surface area (Å²) in [6, 6.07) is 12.7. The van der Waals surface area contributed by atoms with Crippen LogP contribution in [0.5, 0.6) is 5.88 Å². The molecule has 0 aliphatic carbocycles. The van der Waals surface area contributed by atoms with Gasteiger partial charge in [-0.05, 0) is 18.6 Å². The molecule has 1 aromatic carbocycles. The van der Waals surface area contributed by atoms with Gasteiger partial charge >= 0.3 is 6.03 Å². The lowest BCUT2D eigenvalue weighted by Gasteiger charge is -2.20. The third-order valence-corrected chi connectivity index (χ3v) is 3.59. The number of nitrogens with zero attached hydrogens (tertiary/aromatic N) is 1. The number of imide groups is 1. The summed E-state index contributed by atoms with van der Waals surface area (Å²) in [5.41, 5.74) is 0.549. The van der Waals surface area contributed by atoms with E-state index < -0.39 is 17.5 Å². The van der Waals surface area contributed by atoms with Crippen LogP contribution in [0.2, 0.25) is 0 Å². The highest BCUT2D eigenvalue weighted by molar-refractivity contribution is 6.07. The van der Waals surface area contributed by atoms with Crippen molar-refractivity contribution in [1.29, 1.82) is 0 Å². The van der Waals surface area contributed by atoms with Gasteiger partial charge in [0.05, 0.1) is 0 Å². The van der Waals surface area contributed by atoms with Crippen molar-refractivity contribution < 1.29 is 14.3 Å². The minimum absolute atomic E-state index is 0.391. The van der Waals surface area contributed by atoms with Gasteiger partial charge in [0, 0.05) is 17.8 Å². The van der Waals surface area contributed by atoms with Crippen LogP contribution in [-0.4, -0.2) is 16.9 Å². The minimum Gasteiger partial charge on any atom is -0.473 e. The first-order valence-corrected chi connectivity index (χ1v) is 6.85. The van der Waals surface area contributed by atoms with Crippen molar-refractivity contribution in [2.45, 2.75) is 19.1 Å². The highest BCUT2D eigenvalue weighted by atomic mass is 16.5. The average Bonchev–Trinajstić information content (AvgIpc) is 2.80. The molecular formula is C16H15N3O3. The van der Waals surface area contributed by atoms with Gasteiger partial charge in [0.2, 0.25) is 5.88 Å². The van der Waals surface area contributed by atoms with Crippen molar-refractivity contribution in [1.82, 2.24) is 15.6 Å². The SMILES string of the molecule is CC1(c2ccc(OCc3ccccc3)nc2)NC(=O)NC1=O. The van der Waals surface area contributed by atoms with Crippen molar-refractivity contribution in [2.24, 2.45) is 0 Å². The van der Waals surface area contributed by atoms with E-state index in [0.29, 0.717) is 18.1 Å². The Labute approximate surface area is 127 Å². The molecule has 2 heterocycles. The molecule has 6 heteroatoms. The maximum absolute atomic E-state index is 11.8. The summed E-state index contributed by atoms with van der Waals surface area (Å²) in [6.07, 6.45) is 1.53. The molecule has 1 atom stereocenters. The number of benzene rings is 1. The Morgan fingerprint density at radius 2 is 1.91 bits per heavy atom. The van der Waals surface area contributed by atoms with Crippen LogP contribution < -0.4 is 15.4 Å². The second-order valence-electron chi connectivity index (χ2n) is 5.19. The molecular weight excluding hydrogens is 282 g/mol. The summed E-state index contributed by atoms with van der Waals surface area (Å²) in [4.78, 5) is 27.3. The monoisotopic (exact) mass is 297 g/mol. The van der Waals surface area contributed by atoms with Crippen molar-refractivity contribution in [3.63, 3.8) is 0 Å². The van der Waals surface area contributed by atoms with Gasteiger partial charge in [-0.1, -0.05) is 30.3 Å². The lowest BCUT2D eigenvalue weighted by Crippen LogP contribution is -2.40. The van der Waals surface area contributed by atoms with E-state index in [0.717, 1.165) is 5.56 Å². The quantitative estimate of drug-likeness (QED) is 0.842. The molecule has 0 radical (unpaired) electrons. The number of urea groups is 1. The fourth-order valence-corrected chi connectivity index (χ4v) is 2.24.